The summed E-state index contributed by atoms with van der Waals surface area (Å²) in [5.41, 5.74) is -1.11. The molecular formula is C22H14O10. The summed E-state index contributed by atoms with van der Waals surface area (Å²) in [6.45, 7) is 0. The summed E-state index contributed by atoms with van der Waals surface area (Å²) in [7, 11) is 0. The van der Waals surface area contributed by atoms with E-state index in [1.54, 1.807) is 0 Å². The van der Waals surface area contributed by atoms with Gasteiger partial charge in [-0.15, -0.1) is 0 Å². The summed E-state index contributed by atoms with van der Waals surface area (Å²) >= 11 is 0. The van der Waals surface area contributed by atoms with E-state index >= 15 is 0 Å². The van der Waals surface area contributed by atoms with Crippen LogP contribution >= 0.6 is 0 Å². The van der Waals surface area contributed by atoms with Crippen molar-refractivity contribution in [2.45, 2.75) is 0 Å². The van der Waals surface area contributed by atoms with E-state index in [9.17, 15) is 19.2 Å². The van der Waals surface area contributed by atoms with Crippen molar-refractivity contribution >= 4 is 23.9 Å². The second-order valence-corrected chi connectivity index (χ2v) is 6.39. The Bertz CT molecular complexity index is 1090. The lowest BCUT2D eigenvalue weighted by molar-refractivity contribution is 0.0676. The van der Waals surface area contributed by atoms with Crippen molar-refractivity contribution in [1.82, 2.24) is 0 Å². The second-order valence-electron chi connectivity index (χ2n) is 6.39. The predicted molar refractivity (Wildman–Crippen MR) is 107 cm³/mol. The summed E-state index contributed by atoms with van der Waals surface area (Å²) in [6.07, 6.45) is 0. The third kappa shape index (κ3) is 5.19. The Kier molecular flexibility index (Phi) is 6.06. The van der Waals surface area contributed by atoms with Crippen molar-refractivity contribution in [2.75, 3.05) is 0 Å². The number of benzene rings is 3. The molecule has 0 radical (unpaired) electrons. The molecule has 0 spiro atoms. The van der Waals surface area contributed by atoms with Gasteiger partial charge in [0.2, 0.25) is 0 Å². The molecule has 10 heteroatoms. The van der Waals surface area contributed by atoms with Crippen LogP contribution in [0.2, 0.25) is 0 Å². The van der Waals surface area contributed by atoms with Gasteiger partial charge in [0.15, 0.2) is 0 Å². The van der Waals surface area contributed by atoms with E-state index in [1.807, 2.05) is 0 Å². The molecule has 3 rings (SSSR count). The van der Waals surface area contributed by atoms with E-state index in [1.165, 1.54) is 24.3 Å². The highest BCUT2D eigenvalue weighted by Gasteiger charge is 2.14. The third-order valence-corrected chi connectivity index (χ3v) is 4.08. The average molecular weight is 438 g/mol. The van der Waals surface area contributed by atoms with Gasteiger partial charge in [0.1, 0.15) is 23.0 Å². The van der Waals surface area contributed by atoms with Crippen LogP contribution in [0, 0.1) is 0 Å². The lowest BCUT2D eigenvalue weighted by Gasteiger charge is -2.11. The standard InChI is InChI=1S/C22H14O10/c23-19(24)11-4-12(20(25)26)7-17(6-11)31-15-2-1-3-16(10-15)32-18-8-13(21(27)28)5-14(9-18)22(29)30/h1-10H,(H,23,24)(H,25,26)(H,27,28)(H,29,30). The molecule has 0 heterocycles. The number of aromatic carboxylic acids is 4. The maximum atomic E-state index is 11.2. The second kappa shape index (κ2) is 8.88. The maximum Gasteiger partial charge on any atom is 0.335 e. The number of carbonyl (C=O) groups is 4. The van der Waals surface area contributed by atoms with Crippen LogP contribution in [0.1, 0.15) is 41.4 Å². The fraction of sp³-hybridized carbons (Fsp3) is 0. The molecule has 0 aliphatic rings. The van der Waals surface area contributed by atoms with Gasteiger partial charge < -0.3 is 29.9 Å². The molecule has 0 bridgehead atoms. The molecule has 0 aliphatic heterocycles. The highest BCUT2D eigenvalue weighted by atomic mass is 16.5. The average Bonchev–Trinajstić information content (AvgIpc) is 2.73. The SMILES string of the molecule is O=C(O)c1cc(Oc2cccc(Oc3cc(C(=O)O)cc(C(=O)O)c3)c2)cc(C(=O)O)c1. The topological polar surface area (TPSA) is 168 Å². The highest BCUT2D eigenvalue weighted by molar-refractivity contribution is 5.95. The van der Waals surface area contributed by atoms with Gasteiger partial charge in [-0.25, -0.2) is 19.2 Å². The van der Waals surface area contributed by atoms with Crippen LogP contribution in [-0.4, -0.2) is 44.3 Å². The Balaban J connectivity index is 1.90. The normalized spacial score (nSPS) is 10.2. The predicted octanol–water partition coefficient (Wildman–Crippen LogP) is 4.06. The first-order chi connectivity index (χ1) is 15.1. The molecular weight excluding hydrogens is 424 g/mol. The third-order valence-electron chi connectivity index (χ3n) is 4.08. The number of carboxylic acid groups (broad SMARTS) is 4. The number of carboxylic acids is 4. The largest absolute Gasteiger partial charge is 0.478 e. The number of hydrogen-bond acceptors (Lipinski definition) is 6. The minimum absolute atomic E-state index is 0.0412. The Labute approximate surface area is 179 Å². The smallest absolute Gasteiger partial charge is 0.335 e. The summed E-state index contributed by atoms with van der Waals surface area (Å²) in [6, 6.07) is 12.5. The fourth-order valence-electron chi connectivity index (χ4n) is 2.68. The lowest BCUT2D eigenvalue weighted by atomic mass is 10.1. The van der Waals surface area contributed by atoms with Crippen molar-refractivity contribution in [3.05, 3.63) is 82.9 Å². The molecule has 3 aromatic carbocycles. The molecule has 0 aliphatic carbocycles. The number of ether oxygens (including phenoxy) is 2. The molecule has 0 saturated carbocycles. The maximum absolute atomic E-state index is 11.2. The molecule has 3 aromatic rings. The molecule has 0 atom stereocenters. The van der Waals surface area contributed by atoms with Gasteiger partial charge in [-0.2, -0.15) is 0 Å². The summed E-state index contributed by atoms with van der Waals surface area (Å²) in [5.74, 6) is -5.08. The molecule has 0 saturated heterocycles. The van der Waals surface area contributed by atoms with Crippen molar-refractivity contribution < 1.29 is 49.1 Å². The van der Waals surface area contributed by atoms with Gasteiger partial charge in [-0.1, -0.05) is 6.07 Å². The van der Waals surface area contributed by atoms with Gasteiger partial charge in [0.05, 0.1) is 22.3 Å². The molecule has 162 valence electrons. The van der Waals surface area contributed by atoms with Crippen LogP contribution in [0.3, 0.4) is 0 Å². The van der Waals surface area contributed by atoms with E-state index in [4.69, 9.17) is 29.9 Å². The van der Waals surface area contributed by atoms with Crippen LogP contribution in [-0.2, 0) is 0 Å². The van der Waals surface area contributed by atoms with Crippen molar-refractivity contribution in [2.24, 2.45) is 0 Å². The molecule has 0 fully saturated rings. The zero-order valence-electron chi connectivity index (χ0n) is 16.0. The number of rotatable bonds is 8. The zero-order chi connectivity index (χ0) is 23.4. The summed E-state index contributed by atoms with van der Waals surface area (Å²) in [4.78, 5) is 44.9. The van der Waals surface area contributed by atoms with Gasteiger partial charge in [0, 0.05) is 6.07 Å². The molecule has 0 unspecified atom stereocenters. The van der Waals surface area contributed by atoms with Gasteiger partial charge >= 0.3 is 23.9 Å². The summed E-state index contributed by atoms with van der Waals surface area (Å²) < 4.78 is 11.1. The summed E-state index contributed by atoms with van der Waals surface area (Å²) in [5, 5.41) is 36.6. The van der Waals surface area contributed by atoms with Crippen LogP contribution in [0.15, 0.2) is 60.7 Å². The molecule has 0 amide bonds. The van der Waals surface area contributed by atoms with E-state index < -0.39 is 23.9 Å². The van der Waals surface area contributed by atoms with Gasteiger partial charge in [-0.3, -0.25) is 0 Å². The van der Waals surface area contributed by atoms with E-state index in [2.05, 4.69) is 0 Å². The molecule has 0 aromatic heterocycles. The van der Waals surface area contributed by atoms with Crippen molar-refractivity contribution in [3.8, 4) is 23.0 Å². The number of hydrogen-bond donors (Lipinski definition) is 4. The van der Waals surface area contributed by atoms with Gasteiger partial charge in [0.25, 0.3) is 0 Å². The monoisotopic (exact) mass is 438 g/mol. The lowest BCUT2D eigenvalue weighted by Crippen LogP contribution is -2.03. The first kappa shape index (κ1) is 21.8. The molecule has 32 heavy (non-hydrogen) atoms. The highest BCUT2D eigenvalue weighted by Crippen LogP contribution is 2.30. The van der Waals surface area contributed by atoms with Crippen LogP contribution in [0.25, 0.3) is 0 Å². The van der Waals surface area contributed by atoms with Crippen LogP contribution < -0.4 is 9.47 Å². The molecule has 4 N–H and O–H groups in total. The Hall–Kier alpha value is -4.86. The van der Waals surface area contributed by atoms with Crippen molar-refractivity contribution in [1.29, 1.82) is 0 Å². The zero-order valence-corrected chi connectivity index (χ0v) is 16.0. The first-order valence-corrected chi connectivity index (χ1v) is 8.81. The minimum Gasteiger partial charge on any atom is -0.478 e. The van der Waals surface area contributed by atoms with E-state index in [0.717, 1.165) is 36.4 Å². The minimum atomic E-state index is -1.33. The van der Waals surface area contributed by atoms with Crippen molar-refractivity contribution in [3.63, 3.8) is 0 Å². The Morgan fingerprint density at radius 2 is 0.781 bits per heavy atom. The van der Waals surface area contributed by atoms with E-state index in [-0.39, 0.29) is 45.3 Å². The van der Waals surface area contributed by atoms with E-state index in [0.29, 0.717) is 0 Å². The fourth-order valence-corrected chi connectivity index (χ4v) is 2.68. The Morgan fingerprint density at radius 1 is 0.469 bits per heavy atom. The van der Waals surface area contributed by atoms with Gasteiger partial charge in [-0.05, 0) is 48.5 Å². The van der Waals surface area contributed by atoms with Crippen LogP contribution in [0.4, 0.5) is 0 Å². The Morgan fingerprint density at radius 3 is 1.06 bits per heavy atom. The first-order valence-electron chi connectivity index (χ1n) is 8.81. The van der Waals surface area contributed by atoms with Crippen LogP contribution in [0.5, 0.6) is 23.0 Å². The molecule has 10 nitrogen and oxygen atoms in total. The quantitative estimate of drug-likeness (QED) is 0.402.